The van der Waals surface area contributed by atoms with E-state index in [1.165, 1.54) is 0 Å². The zero-order valence-electron chi connectivity index (χ0n) is 7.70. The summed E-state index contributed by atoms with van der Waals surface area (Å²) in [7, 11) is 0. The van der Waals surface area contributed by atoms with Crippen molar-refractivity contribution in [2.24, 2.45) is 0 Å². The fourth-order valence-electron chi connectivity index (χ4n) is 0.903. The summed E-state index contributed by atoms with van der Waals surface area (Å²) >= 11 is 3.17. The van der Waals surface area contributed by atoms with Crippen LogP contribution in [0.4, 0.5) is 0 Å². The highest BCUT2D eigenvalue weighted by Gasteiger charge is 2.11. The van der Waals surface area contributed by atoms with Gasteiger partial charge in [0.1, 0.15) is 4.60 Å². The van der Waals surface area contributed by atoms with Crippen LogP contribution in [-0.4, -0.2) is 28.6 Å². The highest BCUT2D eigenvalue weighted by atomic mass is 79.9. The number of nitrogens with one attached hydrogen (secondary N) is 1. The highest BCUT2D eigenvalue weighted by molar-refractivity contribution is 9.10. The van der Waals surface area contributed by atoms with Crippen molar-refractivity contribution in [3.05, 3.63) is 28.5 Å². The number of aliphatic hydroxyl groups is 1. The number of halogens is 1. The Hall–Kier alpha value is -0.940. The zero-order valence-corrected chi connectivity index (χ0v) is 9.28. The third-order valence-electron chi connectivity index (χ3n) is 1.66. The summed E-state index contributed by atoms with van der Waals surface area (Å²) in [5.74, 6) is -0.244. The quantitative estimate of drug-likeness (QED) is 0.794. The topological polar surface area (TPSA) is 62.2 Å². The van der Waals surface area contributed by atoms with Crippen molar-refractivity contribution in [1.82, 2.24) is 10.3 Å². The minimum Gasteiger partial charge on any atom is -0.394 e. The van der Waals surface area contributed by atoms with E-state index in [0.29, 0.717) is 10.2 Å². The number of nitrogens with zero attached hydrogens (tertiary/aromatic N) is 1. The summed E-state index contributed by atoms with van der Waals surface area (Å²) in [6.07, 6.45) is 1.59. The number of aromatic nitrogens is 1. The molecule has 1 amide bonds. The number of pyridine rings is 1. The first kappa shape index (κ1) is 11.1. The largest absolute Gasteiger partial charge is 0.394 e. The third-order valence-corrected chi connectivity index (χ3v) is 2.29. The lowest BCUT2D eigenvalue weighted by atomic mass is 10.2. The van der Waals surface area contributed by atoms with E-state index >= 15 is 0 Å². The van der Waals surface area contributed by atoms with E-state index in [-0.39, 0.29) is 18.6 Å². The first-order chi connectivity index (χ1) is 6.65. The molecule has 1 unspecified atom stereocenters. The molecule has 0 radical (unpaired) electrons. The molecule has 0 bridgehead atoms. The fraction of sp³-hybridized carbons (Fsp3) is 0.333. The molecule has 14 heavy (non-hydrogen) atoms. The molecule has 2 N–H and O–H groups in total. The van der Waals surface area contributed by atoms with Gasteiger partial charge in [-0.1, -0.05) is 0 Å². The maximum atomic E-state index is 11.5. The molecular weight excluding hydrogens is 248 g/mol. The standard InChI is InChI=1S/C9H11BrN2O2/c1-6(5-13)12-9(14)7-3-2-4-11-8(7)10/h2-4,6,13H,5H2,1H3,(H,12,14). The average Bonchev–Trinajstić information content (AvgIpc) is 2.18. The number of amides is 1. The van der Waals surface area contributed by atoms with Crippen LogP contribution >= 0.6 is 15.9 Å². The number of carbonyl (C=O) groups excluding carboxylic acids is 1. The van der Waals surface area contributed by atoms with Gasteiger partial charge in [-0.25, -0.2) is 4.98 Å². The lowest BCUT2D eigenvalue weighted by Crippen LogP contribution is -2.35. The van der Waals surface area contributed by atoms with Gasteiger partial charge in [-0.15, -0.1) is 0 Å². The van der Waals surface area contributed by atoms with Crippen molar-refractivity contribution < 1.29 is 9.90 Å². The average molecular weight is 259 g/mol. The van der Waals surface area contributed by atoms with Crippen LogP contribution in [0.5, 0.6) is 0 Å². The van der Waals surface area contributed by atoms with Gasteiger partial charge in [-0.2, -0.15) is 0 Å². The van der Waals surface area contributed by atoms with Crippen molar-refractivity contribution >= 4 is 21.8 Å². The van der Waals surface area contributed by atoms with Gasteiger partial charge in [0, 0.05) is 12.2 Å². The van der Waals surface area contributed by atoms with E-state index in [1.807, 2.05) is 0 Å². The molecule has 5 heteroatoms. The third kappa shape index (κ3) is 2.78. The summed E-state index contributed by atoms with van der Waals surface area (Å²) < 4.78 is 0.502. The van der Waals surface area contributed by atoms with Crippen molar-refractivity contribution in [3.63, 3.8) is 0 Å². The first-order valence-corrected chi connectivity index (χ1v) is 4.96. The molecule has 1 atom stereocenters. The van der Waals surface area contributed by atoms with E-state index in [2.05, 4.69) is 26.2 Å². The normalized spacial score (nSPS) is 12.2. The second-order valence-corrected chi connectivity index (χ2v) is 3.65. The van der Waals surface area contributed by atoms with E-state index in [9.17, 15) is 4.79 Å². The lowest BCUT2D eigenvalue weighted by molar-refractivity contribution is 0.0921. The van der Waals surface area contributed by atoms with Gasteiger partial charge < -0.3 is 10.4 Å². The number of aliphatic hydroxyl groups excluding tert-OH is 1. The molecule has 4 nitrogen and oxygen atoms in total. The van der Waals surface area contributed by atoms with Crippen LogP contribution in [-0.2, 0) is 0 Å². The van der Waals surface area contributed by atoms with Crippen LogP contribution in [0.15, 0.2) is 22.9 Å². The molecule has 0 saturated carbocycles. The second-order valence-electron chi connectivity index (χ2n) is 2.90. The Morgan fingerprint density at radius 2 is 2.50 bits per heavy atom. The monoisotopic (exact) mass is 258 g/mol. The Morgan fingerprint density at radius 3 is 3.07 bits per heavy atom. The molecule has 0 aliphatic carbocycles. The van der Waals surface area contributed by atoms with Gasteiger partial charge in [0.25, 0.3) is 5.91 Å². The second kappa shape index (κ2) is 5.07. The van der Waals surface area contributed by atoms with Gasteiger partial charge in [0.05, 0.1) is 12.2 Å². The molecule has 1 heterocycles. The Bertz CT molecular complexity index is 330. The number of carbonyl (C=O) groups is 1. The minimum absolute atomic E-state index is 0.0797. The zero-order chi connectivity index (χ0) is 10.6. The van der Waals surface area contributed by atoms with Crippen molar-refractivity contribution in [1.29, 1.82) is 0 Å². The smallest absolute Gasteiger partial charge is 0.254 e. The number of hydrogen-bond donors (Lipinski definition) is 2. The van der Waals surface area contributed by atoms with Crippen molar-refractivity contribution in [3.8, 4) is 0 Å². The van der Waals surface area contributed by atoms with E-state index in [1.54, 1.807) is 25.3 Å². The minimum atomic E-state index is -0.255. The molecule has 1 aromatic heterocycles. The van der Waals surface area contributed by atoms with E-state index < -0.39 is 0 Å². The van der Waals surface area contributed by atoms with E-state index in [0.717, 1.165) is 0 Å². The Labute approximate surface area is 90.5 Å². The molecular formula is C9H11BrN2O2. The molecule has 0 fully saturated rings. The number of hydrogen-bond acceptors (Lipinski definition) is 3. The van der Waals surface area contributed by atoms with Crippen LogP contribution in [0.1, 0.15) is 17.3 Å². The van der Waals surface area contributed by atoms with Gasteiger partial charge in [-0.05, 0) is 35.0 Å². The van der Waals surface area contributed by atoms with Gasteiger partial charge in [0.2, 0.25) is 0 Å². The van der Waals surface area contributed by atoms with Crippen LogP contribution in [0, 0.1) is 0 Å². The Kier molecular flexibility index (Phi) is 4.03. The summed E-state index contributed by atoms with van der Waals surface area (Å²) in [5, 5.41) is 11.4. The van der Waals surface area contributed by atoms with Gasteiger partial charge in [0.15, 0.2) is 0 Å². The summed E-state index contributed by atoms with van der Waals surface area (Å²) in [6, 6.07) is 3.09. The van der Waals surface area contributed by atoms with E-state index in [4.69, 9.17) is 5.11 Å². The van der Waals surface area contributed by atoms with Crippen LogP contribution in [0.3, 0.4) is 0 Å². The maximum absolute atomic E-state index is 11.5. The molecule has 0 aliphatic rings. The highest BCUT2D eigenvalue weighted by Crippen LogP contribution is 2.12. The Balaban J connectivity index is 2.75. The van der Waals surface area contributed by atoms with Crippen LogP contribution in [0.2, 0.25) is 0 Å². The van der Waals surface area contributed by atoms with Gasteiger partial charge >= 0.3 is 0 Å². The molecule has 0 saturated heterocycles. The number of rotatable bonds is 3. The molecule has 0 spiro atoms. The van der Waals surface area contributed by atoms with Crippen molar-refractivity contribution in [2.75, 3.05) is 6.61 Å². The Morgan fingerprint density at radius 1 is 1.79 bits per heavy atom. The first-order valence-electron chi connectivity index (χ1n) is 4.17. The molecule has 76 valence electrons. The molecule has 0 aliphatic heterocycles. The lowest BCUT2D eigenvalue weighted by Gasteiger charge is -2.10. The molecule has 1 aromatic rings. The fourth-order valence-corrected chi connectivity index (χ4v) is 1.33. The summed E-state index contributed by atoms with van der Waals surface area (Å²) in [4.78, 5) is 15.5. The van der Waals surface area contributed by atoms with Crippen molar-refractivity contribution in [2.45, 2.75) is 13.0 Å². The SMILES string of the molecule is CC(CO)NC(=O)c1cccnc1Br. The van der Waals surface area contributed by atoms with Crippen LogP contribution in [0.25, 0.3) is 0 Å². The molecule has 0 aromatic carbocycles. The summed E-state index contributed by atoms with van der Waals surface area (Å²) in [6.45, 7) is 1.64. The molecule has 1 rings (SSSR count). The van der Waals surface area contributed by atoms with Gasteiger partial charge in [-0.3, -0.25) is 4.79 Å². The maximum Gasteiger partial charge on any atom is 0.254 e. The summed E-state index contributed by atoms with van der Waals surface area (Å²) in [5.41, 5.74) is 0.466. The predicted octanol–water partition coefficient (Wildman–Crippen LogP) is 0.955. The predicted molar refractivity (Wildman–Crippen MR) is 56.0 cm³/mol. The van der Waals surface area contributed by atoms with Crippen LogP contribution < -0.4 is 5.32 Å².